The van der Waals surface area contributed by atoms with Crippen molar-refractivity contribution in [2.75, 3.05) is 17.2 Å². The number of hydrogen-bond donors (Lipinski definition) is 2. The fourth-order valence-electron chi connectivity index (χ4n) is 2.04. The summed E-state index contributed by atoms with van der Waals surface area (Å²) in [7, 11) is 1.94. The van der Waals surface area contributed by atoms with Crippen LogP contribution in [0.2, 0.25) is 0 Å². The molecule has 0 saturated carbocycles. The molecule has 2 rings (SSSR count). The lowest BCUT2D eigenvalue weighted by Crippen LogP contribution is -2.11. The van der Waals surface area contributed by atoms with Gasteiger partial charge in [0.25, 0.3) is 0 Å². The van der Waals surface area contributed by atoms with Crippen LogP contribution >= 0.6 is 0 Å². The standard InChI is InChI=1S/C14H22N6/c1-4-7-15-13-12(5-2)14(18-10-17-13)16-9-11-6-8-19-20(11)3/h6,8,10H,4-5,7,9H2,1-3H3,(H2,15,16,17,18). The quantitative estimate of drug-likeness (QED) is 0.810. The molecular weight excluding hydrogens is 252 g/mol. The van der Waals surface area contributed by atoms with E-state index in [9.17, 15) is 0 Å². The summed E-state index contributed by atoms with van der Waals surface area (Å²) in [5, 5.41) is 10.9. The average Bonchev–Trinajstić information content (AvgIpc) is 2.88. The van der Waals surface area contributed by atoms with E-state index in [1.165, 1.54) is 0 Å². The number of nitrogens with zero attached hydrogens (tertiary/aromatic N) is 4. The van der Waals surface area contributed by atoms with Gasteiger partial charge in [-0.05, 0) is 18.9 Å². The van der Waals surface area contributed by atoms with Crippen molar-refractivity contribution in [2.24, 2.45) is 7.05 Å². The number of hydrogen-bond acceptors (Lipinski definition) is 5. The molecule has 108 valence electrons. The van der Waals surface area contributed by atoms with E-state index in [1.54, 1.807) is 12.5 Å². The van der Waals surface area contributed by atoms with E-state index in [0.717, 1.165) is 42.3 Å². The summed E-state index contributed by atoms with van der Waals surface area (Å²) in [5.74, 6) is 1.82. The van der Waals surface area contributed by atoms with Gasteiger partial charge in [0.1, 0.15) is 18.0 Å². The lowest BCUT2D eigenvalue weighted by molar-refractivity contribution is 0.719. The first kappa shape index (κ1) is 14.3. The van der Waals surface area contributed by atoms with Crippen LogP contribution in [0.25, 0.3) is 0 Å². The minimum Gasteiger partial charge on any atom is -0.370 e. The Morgan fingerprint density at radius 3 is 2.50 bits per heavy atom. The summed E-state index contributed by atoms with van der Waals surface area (Å²) in [5.41, 5.74) is 2.25. The van der Waals surface area contributed by atoms with Crippen LogP contribution in [0.1, 0.15) is 31.5 Å². The third-order valence-corrected chi connectivity index (χ3v) is 3.20. The Kier molecular flexibility index (Phi) is 4.92. The molecule has 2 aromatic rings. The summed E-state index contributed by atoms with van der Waals surface area (Å²) >= 11 is 0. The monoisotopic (exact) mass is 274 g/mol. The molecule has 0 aliphatic carbocycles. The largest absolute Gasteiger partial charge is 0.370 e. The molecule has 2 aromatic heterocycles. The highest BCUT2D eigenvalue weighted by atomic mass is 15.3. The van der Waals surface area contributed by atoms with Crippen LogP contribution in [0, 0.1) is 0 Å². The Morgan fingerprint density at radius 1 is 1.15 bits per heavy atom. The van der Waals surface area contributed by atoms with Crippen LogP contribution in [-0.4, -0.2) is 26.3 Å². The van der Waals surface area contributed by atoms with Crippen LogP contribution < -0.4 is 10.6 Å². The smallest absolute Gasteiger partial charge is 0.135 e. The number of rotatable bonds is 7. The zero-order valence-corrected chi connectivity index (χ0v) is 12.3. The molecule has 0 bridgehead atoms. The second-order valence-electron chi connectivity index (χ2n) is 4.63. The highest BCUT2D eigenvalue weighted by molar-refractivity contribution is 5.57. The molecule has 0 unspecified atom stereocenters. The van der Waals surface area contributed by atoms with Gasteiger partial charge in [0, 0.05) is 25.4 Å². The molecule has 20 heavy (non-hydrogen) atoms. The fraction of sp³-hybridized carbons (Fsp3) is 0.500. The molecule has 6 heteroatoms. The van der Waals surface area contributed by atoms with E-state index in [2.05, 4.69) is 39.5 Å². The van der Waals surface area contributed by atoms with Crippen molar-refractivity contribution in [3.63, 3.8) is 0 Å². The first-order valence-corrected chi connectivity index (χ1v) is 7.04. The molecule has 0 saturated heterocycles. The zero-order valence-electron chi connectivity index (χ0n) is 12.3. The van der Waals surface area contributed by atoms with Crippen LogP contribution in [0.3, 0.4) is 0 Å². The molecule has 0 amide bonds. The highest BCUT2D eigenvalue weighted by Gasteiger charge is 2.09. The van der Waals surface area contributed by atoms with E-state index >= 15 is 0 Å². The van der Waals surface area contributed by atoms with Crippen molar-refractivity contribution in [1.82, 2.24) is 19.7 Å². The molecule has 6 nitrogen and oxygen atoms in total. The van der Waals surface area contributed by atoms with E-state index in [0.29, 0.717) is 6.54 Å². The van der Waals surface area contributed by atoms with Gasteiger partial charge in [0.2, 0.25) is 0 Å². The Bertz CT molecular complexity index is 548. The van der Waals surface area contributed by atoms with Gasteiger partial charge in [-0.25, -0.2) is 9.97 Å². The average molecular weight is 274 g/mol. The second-order valence-corrected chi connectivity index (χ2v) is 4.63. The van der Waals surface area contributed by atoms with Gasteiger partial charge in [-0.2, -0.15) is 5.10 Å². The molecule has 2 heterocycles. The van der Waals surface area contributed by atoms with Crippen molar-refractivity contribution in [3.8, 4) is 0 Å². The van der Waals surface area contributed by atoms with Gasteiger partial charge in [0.05, 0.1) is 12.2 Å². The lowest BCUT2D eigenvalue weighted by Gasteiger charge is -2.14. The summed E-state index contributed by atoms with van der Waals surface area (Å²) in [6.45, 7) is 5.88. The van der Waals surface area contributed by atoms with Crippen LogP contribution in [-0.2, 0) is 20.0 Å². The van der Waals surface area contributed by atoms with Gasteiger partial charge in [-0.3, -0.25) is 4.68 Å². The zero-order chi connectivity index (χ0) is 14.4. The van der Waals surface area contributed by atoms with E-state index in [-0.39, 0.29) is 0 Å². The predicted molar refractivity (Wildman–Crippen MR) is 80.7 cm³/mol. The predicted octanol–water partition coefficient (Wildman–Crippen LogP) is 2.21. The van der Waals surface area contributed by atoms with Crippen molar-refractivity contribution < 1.29 is 0 Å². The first-order valence-electron chi connectivity index (χ1n) is 7.04. The van der Waals surface area contributed by atoms with Crippen LogP contribution in [0.5, 0.6) is 0 Å². The third-order valence-electron chi connectivity index (χ3n) is 3.20. The van der Waals surface area contributed by atoms with Crippen molar-refractivity contribution in [2.45, 2.75) is 33.2 Å². The lowest BCUT2D eigenvalue weighted by atomic mass is 10.2. The molecule has 0 aliphatic rings. The summed E-state index contributed by atoms with van der Waals surface area (Å²) < 4.78 is 1.86. The number of nitrogens with one attached hydrogen (secondary N) is 2. The number of aryl methyl sites for hydroxylation is 1. The third kappa shape index (κ3) is 3.26. The Labute approximate surface area is 119 Å². The summed E-state index contributed by atoms with van der Waals surface area (Å²) in [6.07, 6.45) is 5.36. The summed E-state index contributed by atoms with van der Waals surface area (Å²) in [4.78, 5) is 8.69. The van der Waals surface area contributed by atoms with Gasteiger partial charge in [0.15, 0.2) is 0 Å². The molecule has 0 aromatic carbocycles. The van der Waals surface area contributed by atoms with Crippen LogP contribution in [0.4, 0.5) is 11.6 Å². The molecule has 0 spiro atoms. The number of aromatic nitrogens is 4. The van der Waals surface area contributed by atoms with E-state index in [4.69, 9.17) is 0 Å². The Morgan fingerprint density at radius 2 is 1.90 bits per heavy atom. The molecule has 0 radical (unpaired) electrons. The Hall–Kier alpha value is -2.11. The van der Waals surface area contributed by atoms with E-state index in [1.807, 2.05) is 17.8 Å². The first-order chi connectivity index (χ1) is 9.76. The van der Waals surface area contributed by atoms with Crippen molar-refractivity contribution >= 4 is 11.6 Å². The fourth-order valence-corrected chi connectivity index (χ4v) is 2.04. The highest BCUT2D eigenvalue weighted by Crippen LogP contribution is 2.20. The molecule has 0 aliphatic heterocycles. The molecule has 0 fully saturated rings. The minimum atomic E-state index is 0.702. The maximum Gasteiger partial charge on any atom is 0.135 e. The maximum atomic E-state index is 4.36. The van der Waals surface area contributed by atoms with Crippen LogP contribution in [0.15, 0.2) is 18.6 Å². The topological polar surface area (TPSA) is 67.7 Å². The SMILES string of the molecule is CCCNc1ncnc(NCc2ccnn2C)c1CC. The van der Waals surface area contributed by atoms with Crippen molar-refractivity contribution in [1.29, 1.82) is 0 Å². The molecular formula is C14H22N6. The van der Waals surface area contributed by atoms with Gasteiger partial charge < -0.3 is 10.6 Å². The summed E-state index contributed by atoms with van der Waals surface area (Å²) in [6, 6.07) is 2.00. The van der Waals surface area contributed by atoms with Gasteiger partial charge in [-0.1, -0.05) is 13.8 Å². The van der Waals surface area contributed by atoms with Gasteiger partial charge in [-0.15, -0.1) is 0 Å². The maximum absolute atomic E-state index is 4.36. The molecule has 2 N–H and O–H groups in total. The van der Waals surface area contributed by atoms with Gasteiger partial charge >= 0.3 is 0 Å². The van der Waals surface area contributed by atoms with E-state index < -0.39 is 0 Å². The van der Waals surface area contributed by atoms with Crippen molar-refractivity contribution in [3.05, 3.63) is 29.8 Å². The number of anilines is 2. The normalized spacial score (nSPS) is 10.6. The minimum absolute atomic E-state index is 0.702. The molecule has 0 atom stereocenters. The second kappa shape index (κ2) is 6.88. The Balaban J connectivity index is 2.12.